The first-order valence-electron chi connectivity index (χ1n) is 6.00. The Morgan fingerprint density at radius 2 is 1.93 bits per heavy atom. The average molecular weight is 192 g/mol. The molecule has 1 spiro atoms. The van der Waals surface area contributed by atoms with E-state index in [1.807, 2.05) is 0 Å². The van der Waals surface area contributed by atoms with Gasteiger partial charge >= 0.3 is 0 Å². The van der Waals surface area contributed by atoms with E-state index in [-0.39, 0.29) is 11.2 Å². The molecule has 1 saturated heterocycles. The Bertz CT molecular complexity index is 279. The highest BCUT2D eigenvalue weighted by molar-refractivity contribution is 5.18. The van der Waals surface area contributed by atoms with Crippen LogP contribution in [-0.4, -0.2) is 11.2 Å². The van der Waals surface area contributed by atoms with E-state index in [0.29, 0.717) is 0 Å². The summed E-state index contributed by atoms with van der Waals surface area (Å²) in [6.45, 7) is 4.55. The van der Waals surface area contributed by atoms with Crippen LogP contribution in [0.1, 0.15) is 46.0 Å². The van der Waals surface area contributed by atoms with Crippen LogP contribution < -0.4 is 0 Å². The van der Waals surface area contributed by atoms with Crippen molar-refractivity contribution in [1.29, 1.82) is 0 Å². The normalized spacial score (nSPS) is 49.0. The van der Waals surface area contributed by atoms with E-state index >= 15 is 0 Å². The van der Waals surface area contributed by atoms with Crippen molar-refractivity contribution in [1.82, 2.24) is 0 Å². The van der Waals surface area contributed by atoms with E-state index < -0.39 is 0 Å². The van der Waals surface area contributed by atoms with Crippen LogP contribution in [0.3, 0.4) is 0 Å². The van der Waals surface area contributed by atoms with E-state index in [0.717, 1.165) is 11.8 Å². The Labute approximate surface area is 86.5 Å². The lowest BCUT2D eigenvalue weighted by Crippen LogP contribution is -2.39. The second kappa shape index (κ2) is 2.63. The maximum absolute atomic E-state index is 6.38. The Balaban J connectivity index is 1.99. The lowest BCUT2D eigenvalue weighted by molar-refractivity contribution is -0.0891. The van der Waals surface area contributed by atoms with Gasteiger partial charge in [0.1, 0.15) is 0 Å². The van der Waals surface area contributed by atoms with Crippen molar-refractivity contribution in [2.45, 2.75) is 57.2 Å². The van der Waals surface area contributed by atoms with Crippen molar-refractivity contribution in [3.05, 3.63) is 12.2 Å². The van der Waals surface area contributed by atoms with E-state index in [9.17, 15) is 0 Å². The molecule has 1 nitrogen and oxygen atoms in total. The monoisotopic (exact) mass is 192 g/mol. The summed E-state index contributed by atoms with van der Waals surface area (Å²) in [7, 11) is 0. The highest BCUT2D eigenvalue weighted by Crippen LogP contribution is 2.56. The molecular formula is C13H20O. The third-order valence-electron chi connectivity index (χ3n) is 4.64. The third kappa shape index (κ3) is 1.05. The highest BCUT2D eigenvalue weighted by atomic mass is 16.5. The van der Waals surface area contributed by atoms with Crippen molar-refractivity contribution in [3.8, 4) is 0 Å². The molecule has 0 aromatic rings. The maximum Gasteiger partial charge on any atom is 0.0901 e. The van der Waals surface area contributed by atoms with Gasteiger partial charge in [0.2, 0.25) is 0 Å². The minimum absolute atomic E-state index is 0.121. The van der Waals surface area contributed by atoms with Crippen molar-refractivity contribution in [2.75, 3.05) is 0 Å². The Hall–Kier alpha value is -0.300. The van der Waals surface area contributed by atoms with Crippen LogP contribution in [0.2, 0.25) is 0 Å². The first kappa shape index (κ1) is 8.96. The summed E-state index contributed by atoms with van der Waals surface area (Å²) in [5.74, 6) is 1.60. The molecule has 3 aliphatic rings. The summed E-state index contributed by atoms with van der Waals surface area (Å²) < 4.78 is 6.38. The molecule has 14 heavy (non-hydrogen) atoms. The standard InChI is InChI=1S/C13H20O/c1-12(2)11-7-6-10-5-3-4-8-13(10,9-11)14-12/h4,8,10-11H,3,5-7,9H2,1-2H3/t10?,11?,13-/m1/s1. The molecule has 78 valence electrons. The molecule has 1 heteroatoms. The van der Waals surface area contributed by atoms with Crippen LogP contribution in [0.4, 0.5) is 0 Å². The SMILES string of the molecule is CC1(C)O[C@@]23C=CCCC2CCC1C3. The van der Waals surface area contributed by atoms with E-state index in [4.69, 9.17) is 4.74 Å². The van der Waals surface area contributed by atoms with Crippen LogP contribution in [0.15, 0.2) is 12.2 Å². The fourth-order valence-electron chi connectivity index (χ4n) is 3.80. The van der Waals surface area contributed by atoms with Gasteiger partial charge in [0.05, 0.1) is 11.2 Å². The zero-order valence-corrected chi connectivity index (χ0v) is 9.25. The number of hydrogen-bond acceptors (Lipinski definition) is 1. The molecule has 0 radical (unpaired) electrons. The van der Waals surface area contributed by atoms with Crippen molar-refractivity contribution >= 4 is 0 Å². The zero-order chi connectivity index (χ0) is 9.81. The van der Waals surface area contributed by atoms with Crippen LogP contribution in [0, 0.1) is 11.8 Å². The molecular weight excluding hydrogens is 172 g/mol. The molecule has 1 heterocycles. The second-order valence-electron chi connectivity index (χ2n) is 5.82. The Morgan fingerprint density at radius 3 is 2.79 bits per heavy atom. The maximum atomic E-state index is 6.38. The van der Waals surface area contributed by atoms with Gasteiger partial charge in [-0.05, 0) is 57.8 Å². The average Bonchev–Trinajstić information content (AvgIpc) is 2.33. The van der Waals surface area contributed by atoms with Gasteiger partial charge in [-0.25, -0.2) is 0 Å². The van der Waals surface area contributed by atoms with E-state index in [2.05, 4.69) is 26.0 Å². The number of fused-ring (bicyclic) bond motifs is 1. The van der Waals surface area contributed by atoms with Crippen LogP contribution in [0.25, 0.3) is 0 Å². The highest BCUT2D eigenvalue weighted by Gasteiger charge is 2.56. The number of ether oxygens (including phenoxy) is 1. The molecule has 0 N–H and O–H groups in total. The second-order valence-corrected chi connectivity index (χ2v) is 5.82. The molecule has 0 aromatic carbocycles. The predicted molar refractivity (Wildman–Crippen MR) is 57.1 cm³/mol. The molecule has 1 aliphatic heterocycles. The lowest BCUT2D eigenvalue weighted by Gasteiger charge is -2.39. The molecule has 3 atom stereocenters. The van der Waals surface area contributed by atoms with Crippen molar-refractivity contribution < 1.29 is 4.74 Å². The van der Waals surface area contributed by atoms with Crippen molar-refractivity contribution in [2.24, 2.45) is 11.8 Å². The molecule has 2 unspecified atom stereocenters. The van der Waals surface area contributed by atoms with Crippen LogP contribution in [0.5, 0.6) is 0 Å². The van der Waals surface area contributed by atoms with Gasteiger partial charge in [-0.1, -0.05) is 12.2 Å². The van der Waals surface area contributed by atoms with Crippen molar-refractivity contribution in [3.63, 3.8) is 0 Å². The number of rotatable bonds is 0. The topological polar surface area (TPSA) is 9.23 Å². The third-order valence-corrected chi connectivity index (χ3v) is 4.64. The summed E-state index contributed by atoms with van der Waals surface area (Å²) in [6.07, 6.45) is 11.4. The largest absolute Gasteiger partial charge is 0.364 e. The smallest absolute Gasteiger partial charge is 0.0901 e. The minimum Gasteiger partial charge on any atom is -0.364 e. The molecule has 0 amide bonds. The van der Waals surface area contributed by atoms with Gasteiger partial charge in [0.15, 0.2) is 0 Å². The van der Waals surface area contributed by atoms with Crippen LogP contribution >= 0.6 is 0 Å². The lowest BCUT2D eigenvalue weighted by atomic mass is 9.67. The first-order chi connectivity index (χ1) is 6.62. The van der Waals surface area contributed by atoms with E-state index in [1.54, 1.807) is 0 Å². The predicted octanol–water partition coefficient (Wildman–Crippen LogP) is 3.30. The number of allylic oxidation sites excluding steroid dienone is 1. The summed E-state index contributed by atoms with van der Waals surface area (Å²) in [6, 6.07) is 0. The molecule has 0 aromatic heterocycles. The Morgan fingerprint density at radius 1 is 1.14 bits per heavy atom. The summed E-state index contributed by atoms with van der Waals surface area (Å²) in [5, 5.41) is 0. The summed E-state index contributed by atoms with van der Waals surface area (Å²) >= 11 is 0. The molecule has 2 fully saturated rings. The summed E-state index contributed by atoms with van der Waals surface area (Å²) in [4.78, 5) is 0. The van der Waals surface area contributed by atoms with Gasteiger partial charge < -0.3 is 4.74 Å². The Kier molecular flexibility index (Phi) is 1.69. The molecule has 3 rings (SSSR count). The molecule has 2 aliphatic carbocycles. The molecule has 2 bridgehead atoms. The van der Waals surface area contributed by atoms with E-state index in [1.165, 1.54) is 32.1 Å². The van der Waals surface area contributed by atoms with Crippen LogP contribution in [-0.2, 0) is 4.74 Å². The summed E-state index contributed by atoms with van der Waals surface area (Å²) in [5.41, 5.74) is 0.265. The van der Waals surface area contributed by atoms with Gasteiger partial charge in [-0.3, -0.25) is 0 Å². The first-order valence-corrected chi connectivity index (χ1v) is 6.00. The van der Waals surface area contributed by atoms with Gasteiger partial charge in [0, 0.05) is 0 Å². The quantitative estimate of drug-likeness (QED) is 0.535. The van der Waals surface area contributed by atoms with Gasteiger partial charge in [-0.15, -0.1) is 0 Å². The fraction of sp³-hybridized carbons (Fsp3) is 0.846. The van der Waals surface area contributed by atoms with Gasteiger partial charge in [-0.2, -0.15) is 0 Å². The zero-order valence-electron chi connectivity index (χ0n) is 9.25. The molecule has 1 saturated carbocycles. The fourth-order valence-corrected chi connectivity index (χ4v) is 3.80. The number of hydrogen-bond donors (Lipinski definition) is 0. The van der Waals surface area contributed by atoms with Gasteiger partial charge in [0.25, 0.3) is 0 Å². The minimum atomic E-state index is 0.121.